The van der Waals surface area contributed by atoms with E-state index in [9.17, 15) is 18.0 Å². The maximum absolute atomic E-state index is 11.8. The number of halogens is 3. The first-order valence-electron chi connectivity index (χ1n) is 4.95. The van der Waals surface area contributed by atoms with Crippen LogP contribution in [0, 0.1) is 0 Å². The third kappa shape index (κ3) is 8.49. The monoisotopic (exact) mass is 242 g/mol. The average molecular weight is 242 g/mol. The summed E-state index contributed by atoms with van der Waals surface area (Å²) in [5.74, 6) is -0.348. The molecule has 0 rings (SSSR count). The third-order valence-corrected chi connectivity index (χ3v) is 1.97. The van der Waals surface area contributed by atoms with Gasteiger partial charge in [-0.15, -0.1) is 0 Å². The van der Waals surface area contributed by atoms with Gasteiger partial charge in [-0.05, 0) is 6.42 Å². The number of hydrogen-bond donors (Lipinski definition) is 2. The van der Waals surface area contributed by atoms with Crippen LogP contribution < -0.4 is 11.1 Å². The SMILES string of the molecule is COC(CN)CC(=O)NCCCC(F)(F)F. The Morgan fingerprint density at radius 2 is 2.12 bits per heavy atom. The quantitative estimate of drug-likeness (QED) is 0.649. The first-order chi connectivity index (χ1) is 7.39. The molecule has 96 valence electrons. The molecule has 7 heteroatoms. The second-order valence-corrected chi connectivity index (χ2v) is 3.37. The van der Waals surface area contributed by atoms with Crippen LogP contribution >= 0.6 is 0 Å². The maximum atomic E-state index is 11.8. The van der Waals surface area contributed by atoms with E-state index in [1.54, 1.807) is 0 Å². The van der Waals surface area contributed by atoms with Crippen molar-refractivity contribution < 1.29 is 22.7 Å². The molecule has 0 heterocycles. The molecule has 1 amide bonds. The van der Waals surface area contributed by atoms with Crippen molar-refractivity contribution >= 4 is 5.91 Å². The Labute approximate surface area is 92.3 Å². The lowest BCUT2D eigenvalue weighted by Gasteiger charge is -2.12. The summed E-state index contributed by atoms with van der Waals surface area (Å²) in [6.07, 6.45) is -5.49. The van der Waals surface area contributed by atoms with E-state index in [2.05, 4.69) is 5.32 Å². The lowest BCUT2D eigenvalue weighted by atomic mass is 10.2. The van der Waals surface area contributed by atoms with Crippen LogP contribution in [0.4, 0.5) is 13.2 Å². The van der Waals surface area contributed by atoms with E-state index in [0.717, 1.165) is 0 Å². The summed E-state index contributed by atoms with van der Waals surface area (Å²) in [5, 5.41) is 2.38. The van der Waals surface area contributed by atoms with Gasteiger partial charge in [-0.25, -0.2) is 0 Å². The van der Waals surface area contributed by atoms with Crippen LogP contribution in [0.3, 0.4) is 0 Å². The largest absolute Gasteiger partial charge is 0.389 e. The minimum atomic E-state index is -4.17. The van der Waals surface area contributed by atoms with Gasteiger partial charge >= 0.3 is 6.18 Å². The van der Waals surface area contributed by atoms with Gasteiger partial charge in [0.15, 0.2) is 0 Å². The van der Waals surface area contributed by atoms with Crippen LogP contribution in [0.5, 0.6) is 0 Å². The van der Waals surface area contributed by atoms with E-state index in [-0.39, 0.29) is 37.9 Å². The summed E-state index contributed by atoms with van der Waals surface area (Å²) in [4.78, 5) is 11.2. The molecule has 3 N–H and O–H groups in total. The minimum absolute atomic E-state index is 0.0132. The zero-order chi connectivity index (χ0) is 12.6. The van der Waals surface area contributed by atoms with Crippen molar-refractivity contribution in [1.29, 1.82) is 0 Å². The van der Waals surface area contributed by atoms with Crippen molar-refractivity contribution in [2.45, 2.75) is 31.5 Å². The standard InChI is InChI=1S/C9H17F3N2O2/c1-16-7(6-13)5-8(15)14-4-2-3-9(10,11)12/h7H,2-6,13H2,1H3,(H,14,15). The van der Waals surface area contributed by atoms with Crippen molar-refractivity contribution in [3.05, 3.63) is 0 Å². The Bertz CT molecular complexity index is 205. The highest BCUT2D eigenvalue weighted by molar-refractivity contribution is 5.76. The minimum Gasteiger partial charge on any atom is -0.380 e. The zero-order valence-electron chi connectivity index (χ0n) is 9.14. The summed E-state index contributed by atoms with van der Waals surface area (Å²) in [5.41, 5.74) is 5.29. The number of nitrogens with one attached hydrogen (secondary N) is 1. The van der Waals surface area contributed by atoms with E-state index in [1.165, 1.54) is 7.11 Å². The van der Waals surface area contributed by atoms with E-state index in [0.29, 0.717) is 0 Å². The Morgan fingerprint density at radius 1 is 1.50 bits per heavy atom. The number of hydrogen-bond acceptors (Lipinski definition) is 3. The maximum Gasteiger partial charge on any atom is 0.389 e. The Kier molecular flexibility index (Phi) is 7.07. The highest BCUT2D eigenvalue weighted by Gasteiger charge is 2.26. The molecular formula is C9H17F3N2O2. The number of rotatable bonds is 7. The number of carbonyl (C=O) groups excluding carboxylic acids is 1. The van der Waals surface area contributed by atoms with Crippen LogP contribution in [0.2, 0.25) is 0 Å². The fourth-order valence-electron chi connectivity index (χ4n) is 1.06. The van der Waals surface area contributed by atoms with E-state index in [4.69, 9.17) is 10.5 Å². The molecule has 0 spiro atoms. The van der Waals surface area contributed by atoms with Gasteiger partial charge in [0, 0.05) is 26.6 Å². The van der Waals surface area contributed by atoms with Gasteiger partial charge < -0.3 is 15.8 Å². The van der Waals surface area contributed by atoms with Gasteiger partial charge in [0.1, 0.15) is 0 Å². The van der Waals surface area contributed by atoms with Crippen LogP contribution in [-0.4, -0.2) is 38.4 Å². The molecule has 0 saturated heterocycles. The van der Waals surface area contributed by atoms with Gasteiger partial charge in [-0.1, -0.05) is 0 Å². The molecule has 0 fully saturated rings. The molecule has 0 aromatic carbocycles. The summed E-state index contributed by atoms with van der Waals surface area (Å²) >= 11 is 0. The van der Waals surface area contributed by atoms with Crippen molar-refractivity contribution in [3.63, 3.8) is 0 Å². The molecule has 16 heavy (non-hydrogen) atoms. The van der Waals surface area contributed by atoms with Crippen molar-refractivity contribution in [2.75, 3.05) is 20.2 Å². The molecule has 0 saturated carbocycles. The zero-order valence-corrected chi connectivity index (χ0v) is 9.14. The van der Waals surface area contributed by atoms with Gasteiger partial charge in [-0.2, -0.15) is 13.2 Å². The number of methoxy groups -OCH3 is 1. The van der Waals surface area contributed by atoms with Gasteiger partial charge in [0.25, 0.3) is 0 Å². The molecule has 0 aliphatic carbocycles. The highest BCUT2D eigenvalue weighted by Crippen LogP contribution is 2.20. The predicted octanol–water partition coefficient (Wildman–Crippen LogP) is 0.809. The molecule has 0 aliphatic heterocycles. The topological polar surface area (TPSA) is 64.3 Å². The third-order valence-electron chi connectivity index (χ3n) is 1.97. The fraction of sp³-hybridized carbons (Fsp3) is 0.889. The second kappa shape index (κ2) is 7.45. The lowest BCUT2D eigenvalue weighted by molar-refractivity contribution is -0.136. The number of carbonyl (C=O) groups is 1. The summed E-state index contributed by atoms with van der Waals surface area (Å²) in [6.45, 7) is 0.214. The van der Waals surface area contributed by atoms with Crippen LogP contribution in [0.25, 0.3) is 0 Å². The molecule has 0 aliphatic rings. The molecule has 4 nitrogen and oxygen atoms in total. The number of alkyl halides is 3. The van der Waals surface area contributed by atoms with Gasteiger partial charge in [0.05, 0.1) is 12.5 Å². The second-order valence-electron chi connectivity index (χ2n) is 3.37. The van der Waals surface area contributed by atoms with E-state index >= 15 is 0 Å². The Morgan fingerprint density at radius 3 is 2.56 bits per heavy atom. The molecule has 0 aromatic rings. The van der Waals surface area contributed by atoms with Crippen molar-refractivity contribution in [3.8, 4) is 0 Å². The van der Waals surface area contributed by atoms with E-state index < -0.39 is 12.6 Å². The summed E-state index contributed by atoms with van der Waals surface area (Å²) in [7, 11) is 1.43. The van der Waals surface area contributed by atoms with Crippen LogP contribution in [0.15, 0.2) is 0 Å². The fourth-order valence-corrected chi connectivity index (χ4v) is 1.06. The first kappa shape index (κ1) is 15.2. The molecule has 1 unspecified atom stereocenters. The molecule has 1 atom stereocenters. The van der Waals surface area contributed by atoms with Gasteiger partial charge in [-0.3, -0.25) is 4.79 Å². The predicted molar refractivity (Wildman–Crippen MR) is 52.8 cm³/mol. The van der Waals surface area contributed by atoms with Crippen molar-refractivity contribution in [2.24, 2.45) is 5.73 Å². The highest BCUT2D eigenvalue weighted by atomic mass is 19.4. The molecule has 0 bridgehead atoms. The van der Waals surface area contributed by atoms with Crippen molar-refractivity contribution in [1.82, 2.24) is 5.32 Å². The van der Waals surface area contributed by atoms with Crippen LogP contribution in [0.1, 0.15) is 19.3 Å². The molecular weight excluding hydrogens is 225 g/mol. The molecule has 0 radical (unpaired) electrons. The average Bonchev–Trinajstić information content (AvgIpc) is 2.19. The smallest absolute Gasteiger partial charge is 0.380 e. The number of ether oxygens (including phenoxy) is 1. The first-order valence-corrected chi connectivity index (χ1v) is 4.95. The summed E-state index contributed by atoms with van der Waals surface area (Å²) in [6, 6.07) is 0. The number of nitrogens with two attached hydrogens (primary N) is 1. The molecule has 0 aromatic heterocycles. The number of amides is 1. The van der Waals surface area contributed by atoms with Gasteiger partial charge in [0.2, 0.25) is 5.91 Å². The normalized spacial score (nSPS) is 13.6. The summed E-state index contributed by atoms with van der Waals surface area (Å²) < 4.78 is 40.1. The Balaban J connectivity index is 3.58. The van der Waals surface area contributed by atoms with E-state index in [1.807, 2.05) is 0 Å². The van der Waals surface area contributed by atoms with Crippen LogP contribution in [-0.2, 0) is 9.53 Å². The lowest BCUT2D eigenvalue weighted by Crippen LogP contribution is -2.32. The Hall–Kier alpha value is -0.820.